The first-order chi connectivity index (χ1) is 14.2. The molecule has 2 aliphatic heterocycles. The topological polar surface area (TPSA) is 91.3 Å². The molecule has 2 heterocycles. The minimum atomic E-state index is -0.105. The molecule has 2 aliphatic rings. The van der Waals surface area contributed by atoms with Gasteiger partial charge in [0.1, 0.15) is 0 Å². The van der Waals surface area contributed by atoms with E-state index < -0.39 is 0 Å². The molecule has 156 valence electrons. The molecule has 8 nitrogen and oxygen atoms in total. The Morgan fingerprint density at radius 1 is 1.17 bits per heavy atom. The van der Waals surface area contributed by atoms with Crippen molar-refractivity contribution in [3.05, 3.63) is 35.9 Å². The van der Waals surface area contributed by atoms with Crippen molar-refractivity contribution in [3.8, 4) is 0 Å². The molecule has 0 spiro atoms. The van der Waals surface area contributed by atoms with Crippen molar-refractivity contribution in [1.29, 1.82) is 0 Å². The van der Waals surface area contributed by atoms with E-state index in [0.717, 1.165) is 12.0 Å². The highest BCUT2D eigenvalue weighted by molar-refractivity contribution is 5.82. The third-order valence-electron chi connectivity index (χ3n) is 5.37. The molecule has 1 aromatic rings. The van der Waals surface area contributed by atoms with E-state index in [1.807, 2.05) is 30.3 Å². The maximum Gasteiger partial charge on any atom is 0.246 e. The van der Waals surface area contributed by atoms with Crippen LogP contribution in [0.5, 0.6) is 0 Å². The zero-order valence-corrected chi connectivity index (χ0v) is 16.5. The van der Waals surface area contributed by atoms with Gasteiger partial charge < -0.3 is 15.0 Å². The molecule has 0 aliphatic carbocycles. The number of nitrogens with one attached hydrogen (secondary N) is 1. The fourth-order valence-electron chi connectivity index (χ4n) is 3.75. The van der Waals surface area contributed by atoms with Crippen LogP contribution in [0.4, 0.5) is 0 Å². The van der Waals surface area contributed by atoms with Crippen LogP contribution in [0.25, 0.3) is 0 Å². The molecular formula is C21H28N4O4. The summed E-state index contributed by atoms with van der Waals surface area (Å²) in [5.41, 5.74) is 1.09. The summed E-state index contributed by atoms with van der Waals surface area (Å²) in [5.74, 6) is -0.0162. The van der Waals surface area contributed by atoms with Crippen molar-refractivity contribution < 1.29 is 19.1 Å². The summed E-state index contributed by atoms with van der Waals surface area (Å²) in [7, 11) is 0. The van der Waals surface area contributed by atoms with Gasteiger partial charge in [0.05, 0.1) is 25.7 Å². The van der Waals surface area contributed by atoms with Crippen molar-refractivity contribution in [2.24, 2.45) is 11.0 Å². The molecule has 1 fully saturated rings. The number of amides is 3. The number of rotatable bonds is 9. The van der Waals surface area contributed by atoms with Crippen LogP contribution in [-0.2, 0) is 19.1 Å². The Morgan fingerprint density at radius 3 is 2.66 bits per heavy atom. The lowest BCUT2D eigenvalue weighted by Crippen LogP contribution is -2.43. The summed E-state index contributed by atoms with van der Waals surface area (Å²) >= 11 is 0. The van der Waals surface area contributed by atoms with Gasteiger partial charge in [0.2, 0.25) is 18.2 Å². The minimum absolute atomic E-state index is 0.0331. The lowest BCUT2D eigenvalue weighted by molar-refractivity contribution is -0.142. The van der Waals surface area contributed by atoms with Crippen LogP contribution in [0.3, 0.4) is 0 Å². The molecule has 0 aromatic heterocycles. The number of hydrazone groups is 1. The SMILES string of the molecule is O=CNCCOCCC(=O)N1CCC(C(=O)N2N=CCC2c2ccccc2)CC1. The second kappa shape index (κ2) is 10.7. The third kappa shape index (κ3) is 5.63. The highest BCUT2D eigenvalue weighted by atomic mass is 16.5. The highest BCUT2D eigenvalue weighted by Gasteiger charge is 2.35. The summed E-state index contributed by atoms with van der Waals surface area (Å²) < 4.78 is 5.33. The molecule has 3 amide bonds. The number of hydrogen-bond donors (Lipinski definition) is 1. The van der Waals surface area contributed by atoms with Gasteiger partial charge >= 0.3 is 0 Å². The lowest BCUT2D eigenvalue weighted by Gasteiger charge is -2.34. The normalized spacial score (nSPS) is 19.4. The van der Waals surface area contributed by atoms with Crippen LogP contribution in [0.1, 0.15) is 37.3 Å². The van der Waals surface area contributed by atoms with Crippen LogP contribution in [0.2, 0.25) is 0 Å². The number of nitrogens with zero attached hydrogens (tertiary/aromatic N) is 3. The van der Waals surface area contributed by atoms with Gasteiger partial charge in [-0.15, -0.1) is 0 Å². The van der Waals surface area contributed by atoms with Crippen molar-refractivity contribution in [2.75, 3.05) is 32.8 Å². The second-order valence-corrected chi connectivity index (χ2v) is 7.23. The monoisotopic (exact) mass is 400 g/mol. The third-order valence-corrected chi connectivity index (χ3v) is 5.37. The Hall–Kier alpha value is -2.74. The molecule has 1 unspecified atom stereocenters. The number of ether oxygens (including phenoxy) is 1. The van der Waals surface area contributed by atoms with E-state index >= 15 is 0 Å². The molecule has 0 saturated carbocycles. The van der Waals surface area contributed by atoms with E-state index in [-0.39, 0.29) is 23.8 Å². The van der Waals surface area contributed by atoms with E-state index in [1.54, 1.807) is 16.1 Å². The zero-order chi connectivity index (χ0) is 20.5. The maximum atomic E-state index is 13.0. The maximum absolute atomic E-state index is 13.0. The summed E-state index contributed by atoms with van der Waals surface area (Å²) in [4.78, 5) is 37.3. The Balaban J connectivity index is 1.43. The lowest BCUT2D eigenvalue weighted by atomic mass is 9.94. The summed E-state index contributed by atoms with van der Waals surface area (Å²) in [5, 5.41) is 8.46. The minimum Gasteiger partial charge on any atom is -0.379 e. The predicted molar refractivity (Wildman–Crippen MR) is 108 cm³/mol. The molecule has 0 radical (unpaired) electrons. The first-order valence-corrected chi connectivity index (χ1v) is 10.1. The van der Waals surface area contributed by atoms with Gasteiger partial charge in [0, 0.05) is 38.2 Å². The van der Waals surface area contributed by atoms with Gasteiger partial charge in [0.25, 0.3) is 0 Å². The zero-order valence-electron chi connectivity index (χ0n) is 16.5. The molecule has 0 bridgehead atoms. The van der Waals surface area contributed by atoms with Gasteiger partial charge in [-0.1, -0.05) is 30.3 Å². The smallest absolute Gasteiger partial charge is 0.246 e. The van der Waals surface area contributed by atoms with E-state index in [4.69, 9.17) is 4.74 Å². The fraction of sp³-hybridized carbons (Fsp3) is 0.524. The van der Waals surface area contributed by atoms with E-state index in [2.05, 4.69) is 10.4 Å². The molecule has 1 aromatic carbocycles. The van der Waals surface area contributed by atoms with Crippen molar-refractivity contribution in [2.45, 2.75) is 31.7 Å². The first kappa shape index (κ1) is 21.0. The molecule has 29 heavy (non-hydrogen) atoms. The molecule has 1 N–H and O–H groups in total. The number of benzene rings is 1. The number of hydrogen-bond acceptors (Lipinski definition) is 5. The molecule has 1 saturated heterocycles. The van der Waals surface area contributed by atoms with E-state index in [9.17, 15) is 14.4 Å². The van der Waals surface area contributed by atoms with Crippen LogP contribution in [0.15, 0.2) is 35.4 Å². The molecule has 8 heteroatoms. The largest absolute Gasteiger partial charge is 0.379 e. The van der Waals surface area contributed by atoms with Crippen LogP contribution < -0.4 is 5.32 Å². The van der Waals surface area contributed by atoms with Crippen LogP contribution >= 0.6 is 0 Å². The molecular weight excluding hydrogens is 372 g/mol. The molecule has 3 rings (SSSR count). The molecule has 1 atom stereocenters. The highest BCUT2D eigenvalue weighted by Crippen LogP contribution is 2.31. The van der Waals surface area contributed by atoms with Gasteiger partial charge in [-0.3, -0.25) is 14.4 Å². The van der Waals surface area contributed by atoms with Gasteiger partial charge in [0.15, 0.2) is 0 Å². The summed E-state index contributed by atoms with van der Waals surface area (Å²) in [6.45, 7) is 2.32. The number of carbonyl (C=O) groups excluding carboxylic acids is 3. The average Bonchev–Trinajstić information content (AvgIpc) is 3.26. The van der Waals surface area contributed by atoms with Gasteiger partial charge in [-0.2, -0.15) is 5.10 Å². The van der Waals surface area contributed by atoms with Crippen molar-refractivity contribution in [3.63, 3.8) is 0 Å². The van der Waals surface area contributed by atoms with Gasteiger partial charge in [-0.25, -0.2) is 5.01 Å². The number of carbonyl (C=O) groups is 3. The van der Waals surface area contributed by atoms with Crippen molar-refractivity contribution >= 4 is 24.4 Å². The predicted octanol–water partition coefficient (Wildman–Crippen LogP) is 1.34. The standard InChI is InChI=1S/C21H28N4O4/c26-16-22-11-15-29-14-9-20(27)24-12-7-18(8-13-24)21(28)25-19(6-10-23-25)17-4-2-1-3-5-17/h1-5,10,16,18-19H,6-9,11-15H2,(H,22,26). The van der Waals surface area contributed by atoms with Gasteiger partial charge in [-0.05, 0) is 18.4 Å². The Morgan fingerprint density at radius 2 is 1.93 bits per heavy atom. The van der Waals surface area contributed by atoms with E-state index in [1.165, 1.54) is 0 Å². The second-order valence-electron chi connectivity index (χ2n) is 7.23. The number of piperidine rings is 1. The van der Waals surface area contributed by atoms with Crippen LogP contribution in [-0.4, -0.2) is 67.2 Å². The average molecular weight is 400 g/mol. The summed E-state index contributed by atoms with van der Waals surface area (Å²) in [6, 6.07) is 9.93. The fourth-order valence-corrected chi connectivity index (χ4v) is 3.75. The van der Waals surface area contributed by atoms with Crippen LogP contribution in [0, 0.1) is 5.92 Å². The Bertz CT molecular complexity index is 717. The quantitative estimate of drug-likeness (QED) is 0.500. The van der Waals surface area contributed by atoms with E-state index in [0.29, 0.717) is 58.5 Å². The Labute approximate surface area is 170 Å². The first-order valence-electron chi connectivity index (χ1n) is 10.1. The number of likely N-dealkylation sites (tertiary alicyclic amines) is 1. The Kier molecular flexibility index (Phi) is 7.75. The summed E-state index contributed by atoms with van der Waals surface area (Å²) in [6.07, 6.45) is 4.78. The van der Waals surface area contributed by atoms with Crippen molar-refractivity contribution in [1.82, 2.24) is 15.2 Å².